The van der Waals surface area contributed by atoms with Gasteiger partial charge in [-0.05, 0) is 69.1 Å². The molecule has 1 amide bonds. The van der Waals surface area contributed by atoms with E-state index in [1.54, 1.807) is 6.20 Å². The molecular weight excluding hydrogens is 396 g/mol. The molecule has 2 N–H and O–H groups in total. The summed E-state index contributed by atoms with van der Waals surface area (Å²) < 4.78 is 0. The third-order valence-electron chi connectivity index (χ3n) is 8.71. The quantitative estimate of drug-likeness (QED) is 0.771. The molecule has 8 rings (SSSR count). The summed E-state index contributed by atoms with van der Waals surface area (Å²) >= 11 is 2.07. The van der Waals surface area contributed by atoms with Crippen LogP contribution < -0.4 is 10.2 Å². The predicted octanol–water partition coefficient (Wildman–Crippen LogP) is 2.72. The van der Waals surface area contributed by atoms with Gasteiger partial charge in [-0.1, -0.05) is 0 Å². The van der Waals surface area contributed by atoms with E-state index in [0.717, 1.165) is 68.4 Å². The summed E-state index contributed by atoms with van der Waals surface area (Å²) in [6.45, 7) is 1.04. The molecule has 3 heterocycles. The van der Waals surface area contributed by atoms with Gasteiger partial charge in [-0.15, -0.1) is 0 Å². The Hall–Kier alpha value is -1.34. The van der Waals surface area contributed by atoms with E-state index >= 15 is 0 Å². The number of thioether (sulfide) groups is 1. The van der Waals surface area contributed by atoms with E-state index in [-0.39, 0.29) is 11.9 Å². The van der Waals surface area contributed by atoms with Gasteiger partial charge in [0, 0.05) is 41.7 Å². The van der Waals surface area contributed by atoms with Gasteiger partial charge in [0.2, 0.25) is 5.95 Å². The monoisotopic (exact) mass is 426 g/mol. The van der Waals surface area contributed by atoms with E-state index in [1.807, 2.05) is 0 Å². The Morgan fingerprint density at radius 2 is 2.00 bits per heavy atom. The summed E-state index contributed by atoms with van der Waals surface area (Å²) in [5, 5.41) is 14.9. The largest absolute Gasteiger partial charge is 0.390 e. The van der Waals surface area contributed by atoms with E-state index in [1.165, 1.54) is 12.2 Å². The smallest absolute Gasteiger partial charge is 0.254 e. The van der Waals surface area contributed by atoms with Crippen LogP contribution in [0, 0.1) is 17.8 Å². The van der Waals surface area contributed by atoms with Gasteiger partial charge in [-0.2, -0.15) is 11.8 Å². The molecule has 1 aromatic rings. The number of carbonyl (C=O) groups is 1. The van der Waals surface area contributed by atoms with E-state index < -0.39 is 5.60 Å². The fraction of sp³-hybridized carbons (Fsp3) is 0.783. The number of fused-ring (bicyclic) bond motifs is 2. The maximum atomic E-state index is 13.4. The van der Waals surface area contributed by atoms with Crippen molar-refractivity contribution in [1.82, 2.24) is 15.3 Å². The first-order chi connectivity index (χ1) is 14.5. The molecule has 2 aliphatic heterocycles. The zero-order chi connectivity index (χ0) is 20.0. The van der Waals surface area contributed by atoms with Crippen LogP contribution >= 0.6 is 11.8 Å². The molecule has 30 heavy (non-hydrogen) atoms. The number of rotatable bonds is 4. The van der Waals surface area contributed by atoms with Gasteiger partial charge in [0.1, 0.15) is 0 Å². The Labute approximate surface area is 181 Å². The van der Waals surface area contributed by atoms with Crippen LogP contribution in [-0.4, -0.2) is 56.2 Å². The van der Waals surface area contributed by atoms with Gasteiger partial charge in [0.25, 0.3) is 5.91 Å². The Morgan fingerprint density at radius 3 is 2.63 bits per heavy atom. The van der Waals surface area contributed by atoms with Crippen molar-refractivity contribution in [3.8, 4) is 0 Å². The fourth-order valence-corrected chi connectivity index (χ4v) is 8.89. The van der Waals surface area contributed by atoms with Gasteiger partial charge in [-0.3, -0.25) is 4.79 Å². The highest BCUT2D eigenvalue weighted by Crippen LogP contribution is 2.55. The second-order valence-corrected chi connectivity index (χ2v) is 12.3. The fourth-order valence-electron chi connectivity index (χ4n) is 7.46. The first-order valence-electron chi connectivity index (χ1n) is 11.8. The molecule has 2 saturated heterocycles. The second-order valence-electron chi connectivity index (χ2n) is 10.9. The third kappa shape index (κ3) is 2.84. The average molecular weight is 427 g/mol. The van der Waals surface area contributed by atoms with Crippen molar-refractivity contribution in [2.75, 3.05) is 17.2 Å². The number of hydrogen-bond donors (Lipinski definition) is 2. The standard InChI is InChI=1S/C23H30N4O2S/c28-21(25-19-14-3-12-4-15(19)8-23(29,6-12)7-14)18-9-24-22(26-20(18)13-1-2-13)27-10-17-5-16(27)11-30-17/h9,12-17,19,29H,1-8,10-11H2,(H,25,28). The average Bonchev–Trinajstić information content (AvgIpc) is 3.35. The summed E-state index contributed by atoms with van der Waals surface area (Å²) in [5.41, 5.74) is 1.19. The van der Waals surface area contributed by atoms with Crippen LogP contribution in [0.1, 0.15) is 73.3 Å². The normalized spacial score (nSPS) is 43.4. The third-order valence-corrected chi connectivity index (χ3v) is 10.1. The molecule has 6 nitrogen and oxygen atoms in total. The lowest BCUT2D eigenvalue weighted by Gasteiger charge is -2.58. The topological polar surface area (TPSA) is 78.3 Å². The Kier molecular flexibility index (Phi) is 3.86. The van der Waals surface area contributed by atoms with E-state index in [2.05, 4.69) is 27.0 Å². The molecule has 160 valence electrons. The first-order valence-corrected chi connectivity index (χ1v) is 12.9. The SMILES string of the molecule is O=C(NC1C2CC3CC1CC(O)(C3)C2)c1cnc(N2CC3CC2CS3)nc1C1CC1. The van der Waals surface area contributed by atoms with Crippen LogP contribution in [0.15, 0.2) is 6.20 Å². The molecule has 0 aromatic carbocycles. The number of nitrogens with zero attached hydrogens (tertiary/aromatic N) is 3. The number of anilines is 1. The van der Waals surface area contributed by atoms with Crippen molar-refractivity contribution in [2.45, 2.75) is 80.2 Å². The van der Waals surface area contributed by atoms with E-state index in [0.29, 0.717) is 35.3 Å². The Morgan fingerprint density at radius 1 is 1.20 bits per heavy atom. The molecule has 0 radical (unpaired) electrons. The van der Waals surface area contributed by atoms with Crippen LogP contribution in [0.5, 0.6) is 0 Å². The zero-order valence-electron chi connectivity index (χ0n) is 17.3. The Balaban J connectivity index is 1.14. The molecule has 7 heteroatoms. The number of amides is 1. The second kappa shape index (κ2) is 6.35. The van der Waals surface area contributed by atoms with Crippen molar-refractivity contribution >= 4 is 23.6 Å². The highest BCUT2D eigenvalue weighted by atomic mass is 32.2. The van der Waals surface area contributed by atoms with Crippen molar-refractivity contribution in [1.29, 1.82) is 0 Å². The summed E-state index contributed by atoms with van der Waals surface area (Å²) in [7, 11) is 0. The molecule has 0 spiro atoms. The highest BCUT2D eigenvalue weighted by molar-refractivity contribution is 8.00. The van der Waals surface area contributed by atoms with Gasteiger partial charge in [0.15, 0.2) is 0 Å². The molecule has 6 bridgehead atoms. The molecule has 1 aromatic heterocycles. The van der Waals surface area contributed by atoms with Crippen molar-refractivity contribution in [2.24, 2.45) is 17.8 Å². The van der Waals surface area contributed by atoms with Crippen LogP contribution in [-0.2, 0) is 0 Å². The summed E-state index contributed by atoms with van der Waals surface area (Å²) in [5.74, 6) is 3.93. The number of nitrogens with one attached hydrogen (secondary N) is 1. The maximum absolute atomic E-state index is 13.4. The minimum Gasteiger partial charge on any atom is -0.390 e. The first kappa shape index (κ1) is 18.3. The van der Waals surface area contributed by atoms with E-state index in [9.17, 15) is 9.90 Å². The highest BCUT2D eigenvalue weighted by Gasteiger charge is 2.55. The molecular formula is C23H30N4O2S. The van der Waals surface area contributed by atoms with E-state index in [4.69, 9.17) is 4.98 Å². The van der Waals surface area contributed by atoms with Crippen molar-refractivity contribution in [3.63, 3.8) is 0 Å². The zero-order valence-corrected chi connectivity index (χ0v) is 18.1. The van der Waals surface area contributed by atoms with Crippen LogP contribution in [0.3, 0.4) is 0 Å². The van der Waals surface area contributed by atoms with Crippen LogP contribution in [0.2, 0.25) is 0 Å². The molecule has 4 atom stereocenters. The van der Waals surface area contributed by atoms with Crippen LogP contribution in [0.25, 0.3) is 0 Å². The minimum absolute atomic E-state index is 0.00594. The predicted molar refractivity (Wildman–Crippen MR) is 116 cm³/mol. The van der Waals surface area contributed by atoms with Gasteiger partial charge < -0.3 is 15.3 Å². The number of carbonyl (C=O) groups excluding carboxylic acids is 1. The lowest BCUT2D eigenvalue weighted by Crippen LogP contribution is -2.61. The summed E-state index contributed by atoms with van der Waals surface area (Å²) in [6.07, 6.45) is 10.3. The molecule has 4 unspecified atom stereocenters. The van der Waals surface area contributed by atoms with Crippen LogP contribution in [0.4, 0.5) is 5.95 Å². The molecule has 5 aliphatic carbocycles. The number of aliphatic hydroxyl groups is 1. The Bertz CT molecular complexity index is 889. The minimum atomic E-state index is -0.463. The summed E-state index contributed by atoms with van der Waals surface area (Å²) in [4.78, 5) is 25.4. The lowest BCUT2D eigenvalue weighted by atomic mass is 9.52. The summed E-state index contributed by atoms with van der Waals surface area (Å²) in [6, 6.07) is 0.762. The molecule has 7 aliphatic rings. The van der Waals surface area contributed by atoms with Gasteiger partial charge in [-0.25, -0.2) is 9.97 Å². The number of aromatic nitrogens is 2. The maximum Gasteiger partial charge on any atom is 0.254 e. The number of hydrogen-bond acceptors (Lipinski definition) is 6. The lowest BCUT2D eigenvalue weighted by molar-refractivity contribution is -0.136. The molecule has 5 saturated carbocycles. The van der Waals surface area contributed by atoms with Crippen molar-refractivity contribution < 1.29 is 9.90 Å². The van der Waals surface area contributed by atoms with Gasteiger partial charge >= 0.3 is 0 Å². The van der Waals surface area contributed by atoms with Gasteiger partial charge in [0.05, 0.1) is 16.9 Å². The van der Waals surface area contributed by atoms with Crippen molar-refractivity contribution in [3.05, 3.63) is 17.5 Å². The molecule has 7 fully saturated rings.